The van der Waals surface area contributed by atoms with Gasteiger partial charge in [0.15, 0.2) is 0 Å². The van der Waals surface area contributed by atoms with E-state index >= 15 is 0 Å². The topological polar surface area (TPSA) is 44.0 Å². The highest BCUT2D eigenvalue weighted by Crippen LogP contribution is 2.56. The number of hydrogen-bond donors (Lipinski definition) is 1. The van der Waals surface area contributed by atoms with Crippen LogP contribution in [0.15, 0.2) is 33.6 Å². The van der Waals surface area contributed by atoms with Crippen molar-refractivity contribution in [1.82, 2.24) is 0 Å². The second-order valence-corrected chi connectivity index (χ2v) is 5.96. The molecule has 0 saturated heterocycles. The second kappa shape index (κ2) is 4.17. The highest BCUT2D eigenvalue weighted by atomic mass is 79.9. The maximum absolute atomic E-state index is 9.08. The van der Waals surface area contributed by atoms with Gasteiger partial charge in [0.1, 0.15) is 4.75 Å². The van der Waals surface area contributed by atoms with Gasteiger partial charge in [0.05, 0.1) is 6.07 Å². The first kappa shape index (κ1) is 11.0. The summed E-state index contributed by atoms with van der Waals surface area (Å²) in [7, 11) is 0. The Morgan fingerprint density at radius 3 is 2.67 bits per heavy atom. The first-order valence-corrected chi connectivity index (χ1v) is 6.28. The molecule has 15 heavy (non-hydrogen) atoms. The molecule has 1 aliphatic carbocycles. The Kier molecular flexibility index (Phi) is 3.06. The van der Waals surface area contributed by atoms with Crippen LogP contribution in [0.1, 0.15) is 6.42 Å². The molecule has 0 amide bonds. The molecule has 1 N–H and O–H groups in total. The van der Waals surface area contributed by atoms with Crippen LogP contribution in [0.25, 0.3) is 0 Å². The number of nitrogens with zero attached hydrogens (tertiary/aromatic N) is 1. The molecule has 0 bridgehead atoms. The van der Waals surface area contributed by atoms with Gasteiger partial charge in [-0.05, 0) is 30.7 Å². The van der Waals surface area contributed by atoms with Crippen molar-refractivity contribution in [3.63, 3.8) is 0 Å². The van der Waals surface area contributed by atoms with E-state index in [0.717, 1.165) is 15.8 Å². The summed E-state index contributed by atoms with van der Waals surface area (Å²) in [5.41, 5.74) is 0. The van der Waals surface area contributed by atoms with E-state index in [1.165, 1.54) is 0 Å². The Hall–Kier alpha value is -0.500. The molecule has 1 fully saturated rings. The van der Waals surface area contributed by atoms with Crippen molar-refractivity contribution >= 4 is 27.7 Å². The first-order chi connectivity index (χ1) is 7.20. The highest BCUT2D eigenvalue weighted by Gasteiger charge is 2.55. The second-order valence-electron chi connectivity index (χ2n) is 3.64. The standard InChI is InChI=1S/C11H10BrNOS/c12-9-1-3-10(4-2-9)15-11(7-13)5-8(11)6-14/h1-4,8,14H,5-6H2. The van der Waals surface area contributed by atoms with Crippen LogP contribution in [0.4, 0.5) is 0 Å². The summed E-state index contributed by atoms with van der Waals surface area (Å²) in [5, 5.41) is 18.1. The molecule has 4 heteroatoms. The monoisotopic (exact) mass is 283 g/mol. The molecule has 0 spiro atoms. The molecule has 0 aliphatic heterocycles. The molecule has 0 radical (unpaired) electrons. The van der Waals surface area contributed by atoms with Gasteiger partial charge in [-0.15, -0.1) is 11.8 Å². The average Bonchev–Trinajstić information content (AvgIpc) is 2.96. The summed E-state index contributed by atoms with van der Waals surface area (Å²) < 4.78 is 0.648. The molecule has 0 aromatic heterocycles. The number of hydrogen-bond acceptors (Lipinski definition) is 3. The summed E-state index contributed by atoms with van der Waals surface area (Å²) in [5.74, 6) is 0.135. The van der Waals surface area contributed by atoms with Crippen LogP contribution < -0.4 is 0 Å². The largest absolute Gasteiger partial charge is 0.396 e. The molecule has 78 valence electrons. The number of thioether (sulfide) groups is 1. The Morgan fingerprint density at radius 2 is 2.20 bits per heavy atom. The smallest absolute Gasteiger partial charge is 0.112 e. The Labute approximate surface area is 101 Å². The van der Waals surface area contributed by atoms with Crippen LogP contribution in [0.3, 0.4) is 0 Å². The molecule has 0 heterocycles. The lowest BCUT2D eigenvalue weighted by atomic mass is 10.3. The molecular weight excluding hydrogens is 274 g/mol. The number of benzene rings is 1. The zero-order chi connectivity index (χ0) is 10.9. The molecule has 1 aromatic rings. The van der Waals surface area contributed by atoms with Gasteiger partial charge >= 0.3 is 0 Å². The zero-order valence-electron chi connectivity index (χ0n) is 7.98. The van der Waals surface area contributed by atoms with Gasteiger partial charge < -0.3 is 5.11 Å². The molecule has 2 atom stereocenters. The van der Waals surface area contributed by atoms with Crippen LogP contribution in [-0.4, -0.2) is 16.5 Å². The van der Waals surface area contributed by atoms with Crippen molar-refractivity contribution in [2.75, 3.05) is 6.61 Å². The molecule has 1 aromatic carbocycles. The van der Waals surface area contributed by atoms with E-state index in [1.54, 1.807) is 11.8 Å². The van der Waals surface area contributed by atoms with Crippen molar-refractivity contribution in [2.45, 2.75) is 16.1 Å². The quantitative estimate of drug-likeness (QED) is 0.928. The summed E-state index contributed by atoms with van der Waals surface area (Å²) in [4.78, 5) is 1.08. The number of aliphatic hydroxyl groups is 1. The number of nitriles is 1. The van der Waals surface area contributed by atoms with Gasteiger partial charge in [-0.2, -0.15) is 5.26 Å². The van der Waals surface area contributed by atoms with Crippen LogP contribution in [0.5, 0.6) is 0 Å². The van der Waals surface area contributed by atoms with Crippen LogP contribution in [0.2, 0.25) is 0 Å². The normalized spacial score (nSPS) is 28.5. The fourth-order valence-corrected chi connectivity index (χ4v) is 3.05. The minimum atomic E-state index is -0.386. The van der Waals surface area contributed by atoms with Crippen molar-refractivity contribution in [2.24, 2.45) is 5.92 Å². The van der Waals surface area contributed by atoms with E-state index in [0.29, 0.717) is 0 Å². The van der Waals surface area contributed by atoms with Crippen molar-refractivity contribution in [3.8, 4) is 6.07 Å². The summed E-state index contributed by atoms with van der Waals surface area (Å²) in [6.45, 7) is 0.108. The van der Waals surface area contributed by atoms with E-state index in [2.05, 4.69) is 22.0 Å². The summed E-state index contributed by atoms with van der Waals surface area (Å²) >= 11 is 4.93. The minimum absolute atomic E-state index is 0.108. The third-order valence-corrected chi connectivity index (χ3v) is 4.56. The third-order valence-electron chi connectivity index (χ3n) is 2.57. The lowest BCUT2D eigenvalue weighted by molar-refractivity contribution is 0.275. The average molecular weight is 284 g/mol. The SMILES string of the molecule is N#CC1(Sc2ccc(Br)cc2)CC1CO. The predicted octanol–water partition coefficient (Wildman–Crippen LogP) is 2.82. The van der Waals surface area contributed by atoms with E-state index in [1.807, 2.05) is 24.3 Å². The van der Waals surface area contributed by atoms with E-state index < -0.39 is 0 Å². The van der Waals surface area contributed by atoms with Gasteiger partial charge in [0, 0.05) is 21.9 Å². The summed E-state index contributed by atoms with van der Waals surface area (Å²) in [6.07, 6.45) is 0.792. The van der Waals surface area contributed by atoms with E-state index in [4.69, 9.17) is 10.4 Å². The van der Waals surface area contributed by atoms with Crippen LogP contribution >= 0.6 is 27.7 Å². The van der Waals surface area contributed by atoms with Gasteiger partial charge in [0.2, 0.25) is 0 Å². The molecular formula is C11H10BrNOS. The third kappa shape index (κ3) is 2.20. The van der Waals surface area contributed by atoms with Crippen molar-refractivity contribution < 1.29 is 5.11 Å². The van der Waals surface area contributed by atoms with Gasteiger partial charge in [0.25, 0.3) is 0 Å². The lowest BCUT2D eigenvalue weighted by Gasteiger charge is -2.07. The van der Waals surface area contributed by atoms with Crippen molar-refractivity contribution in [3.05, 3.63) is 28.7 Å². The Morgan fingerprint density at radius 1 is 1.53 bits per heavy atom. The maximum Gasteiger partial charge on any atom is 0.112 e. The van der Waals surface area contributed by atoms with Gasteiger partial charge in [-0.1, -0.05) is 15.9 Å². The minimum Gasteiger partial charge on any atom is -0.396 e. The molecule has 2 unspecified atom stereocenters. The molecule has 2 nitrogen and oxygen atoms in total. The van der Waals surface area contributed by atoms with Gasteiger partial charge in [-0.3, -0.25) is 0 Å². The lowest BCUT2D eigenvalue weighted by Crippen LogP contribution is -2.05. The highest BCUT2D eigenvalue weighted by molar-refractivity contribution is 9.10. The molecule has 2 rings (SSSR count). The first-order valence-electron chi connectivity index (χ1n) is 4.67. The Bertz CT molecular complexity index is 400. The Balaban J connectivity index is 2.10. The number of rotatable bonds is 3. The van der Waals surface area contributed by atoms with Crippen molar-refractivity contribution in [1.29, 1.82) is 5.26 Å². The number of aliphatic hydroxyl groups excluding tert-OH is 1. The zero-order valence-corrected chi connectivity index (χ0v) is 10.4. The molecule has 1 aliphatic rings. The predicted molar refractivity (Wildman–Crippen MR) is 63.5 cm³/mol. The van der Waals surface area contributed by atoms with Crippen LogP contribution in [-0.2, 0) is 0 Å². The van der Waals surface area contributed by atoms with Crippen LogP contribution in [0, 0.1) is 17.2 Å². The fraction of sp³-hybridized carbons (Fsp3) is 0.364. The summed E-state index contributed by atoms with van der Waals surface area (Å²) in [6, 6.07) is 10.2. The number of halogens is 1. The fourth-order valence-electron chi connectivity index (χ4n) is 1.52. The maximum atomic E-state index is 9.08. The molecule has 1 saturated carbocycles. The van der Waals surface area contributed by atoms with E-state index in [-0.39, 0.29) is 17.3 Å². The van der Waals surface area contributed by atoms with Gasteiger partial charge in [-0.25, -0.2) is 0 Å². The van der Waals surface area contributed by atoms with E-state index in [9.17, 15) is 0 Å².